The van der Waals surface area contributed by atoms with Gasteiger partial charge in [-0.3, -0.25) is 0 Å². The molecule has 0 aliphatic heterocycles. The van der Waals surface area contributed by atoms with Crippen molar-refractivity contribution < 1.29 is 0 Å². The van der Waals surface area contributed by atoms with Crippen LogP contribution in [0.25, 0.3) is 16.4 Å². The predicted molar refractivity (Wildman–Crippen MR) is 98.6 cm³/mol. The van der Waals surface area contributed by atoms with Gasteiger partial charge in [0, 0.05) is 23.3 Å². The summed E-state index contributed by atoms with van der Waals surface area (Å²) in [6, 6.07) is 26.0. The lowest BCUT2D eigenvalue weighted by atomic mass is 10.1. The number of fused-ring (bicyclic) bond motifs is 3. The number of pyridine rings is 1. The molecule has 4 aromatic rings. The fourth-order valence-electron chi connectivity index (χ4n) is 3.40. The maximum atomic E-state index is 2.43. The summed E-state index contributed by atoms with van der Waals surface area (Å²) in [5.74, 6) is 0. The molecule has 0 spiro atoms. The van der Waals surface area contributed by atoms with Crippen LogP contribution < -0.4 is 4.90 Å². The topological polar surface area (TPSA) is 7.65 Å². The average Bonchev–Trinajstić information content (AvgIpc) is 2.91. The Morgan fingerprint density at radius 1 is 0.739 bits per heavy atom. The first-order chi connectivity index (χ1) is 11.3. The molecule has 0 fully saturated rings. The third-order valence-corrected chi connectivity index (χ3v) is 4.31. The molecule has 23 heavy (non-hydrogen) atoms. The van der Waals surface area contributed by atoms with E-state index in [1.165, 1.54) is 27.8 Å². The monoisotopic (exact) mass is 300 g/mol. The highest BCUT2D eigenvalue weighted by Gasteiger charge is 2.20. The van der Waals surface area contributed by atoms with Crippen molar-refractivity contribution >= 4 is 27.8 Å². The van der Waals surface area contributed by atoms with Crippen LogP contribution in [-0.4, -0.2) is 10.4 Å². The number of nitrogens with zero attached hydrogens (tertiary/aromatic N) is 2. The van der Waals surface area contributed by atoms with Gasteiger partial charge in [0.05, 0.1) is 16.7 Å². The molecule has 114 valence electrons. The Morgan fingerprint density at radius 2 is 1.39 bits per heavy atom. The van der Waals surface area contributed by atoms with Crippen LogP contribution in [0, 0.1) is 0 Å². The molecule has 2 nitrogen and oxygen atoms in total. The Kier molecular flexibility index (Phi) is 3.30. The van der Waals surface area contributed by atoms with Crippen molar-refractivity contribution in [2.24, 2.45) is 0 Å². The summed E-state index contributed by atoms with van der Waals surface area (Å²) < 4.78 is 2.28. The zero-order valence-electron chi connectivity index (χ0n) is 13.5. The first kappa shape index (κ1) is 13.9. The van der Waals surface area contributed by atoms with Crippen LogP contribution in [-0.2, 0) is 0 Å². The van der Waals surface area contributed by atoms with E-state index in [1.807, 2.05) is 0 Å². The van der Waals surface area contributed by atoms with E-state index >= 15 is 0 Å². The molecule has 0 radical (unpaired) electrons. The number of rotatable bonds is 3. The summed E-state index contributed by atoms with van der Waals surface area (Å²) in [7, 11) is 0. The summed E-state index contributed by atoms with van der Waals surface area (Å²) in [6.45, 7) is 4.49. The van der Waals surface area contributed by atoms with Gasteiger partial charge in [-0.15, -0.1) is 0 Å². The third kappa shape index (κ3) is 2.18. The van der Waals surface area contributed by atoms with Gasteiger partial charge in [-0.25, -0.2) is 0 Å². The maximum absolute atomic E-state index is 2.43. The Balaban J connectivity index is 2.09. The van der Waals surface area contributed by atoms with Gasteiger partial charge in [0.1, 0.15) is 0 Å². The zero-order chi connectivity index (χ0) is 15.8. The van der Waals surface area contributed by atoms with Gasteiger partial charge in [0.25, 0.3) is 0 Å². The van der Waals surface area contributed by atoms with E-state index in [0.717, 1.165) is 0 Å². The largest absolute Gasteiger partial charge is 0.337 e. The van der Waals surface area contributed by atoms with E-state index in [-0.39, 0.29) is 0 Å². The number of hydrogen-bond acceptors (Lipinski definition) is 1. The zero-order valence-corrected chi connectivity index (χ0v) is 13.5. The molecular formula is C21H20N2. The molecule has 0 N–H and O–H groups in total. The number of aromatic nitrogens is 1. The van der Waals surface area contributed by atoms with Crippen LogP contribution in [0.3, 0.4) is 0 Å². The fourth-order valence-corrected chi connectivity index (χ4v) is 3.40. The highest BCUT2D eigenvalue weighted by atomic mass is 15.2. The quantitative estimate of drug-likeness (QED) is 0.475. The first-order valence-electron chi connectivity index (χ1n) is 8.09. The fraction of sp³-hybridized carbons (Fsp3) is 0.143. The minimum Gasteiger partial charge on any atom is -0.337 e. The summed E-state index contributed by atoms with van der Waals surface area (Å²) in [6.07, 6.45) is 2.14. The molecule has 0 saturated carbocycles. The van der Waals surface area contributed by atoms with Gasteiger partial charge in [-0.05, 0) is 44.2 Å². The predicted octanol–water partition coefficient (Wildman–Crippen LogP) is 5.64. The summed E-state index contributed by atoms with van der Waals surface area (Å²) >= 11 is 0. The molecule has 2 heteroatoms. The maximum Gasteiger partial charge on any atom is 0.0752 e. The molecule has 2 aromatic carbocycles. The molecule has 0 amide bonds. The van der Waals surface area contributed by atoms with Gasteiger partial charge in [-0.2, -0.15) is 0 Å². The summed E-state index contributed by atoms with van der Waals surface area (Å²) in [5, 5.41) is 1.29. The Bertz CT molecular complexity index is 898. The van der Waals surface area contributed by atoms with Crippen LogP contribution in [0.5, 0.6) is 0 Å². The molecule has 2 heterocycles. The number of para-hydroxylation sites is 2. The molecule has 2 aromatic heterocycles. The molecule has 0 unspecified atom stereocenters. The van der Waals surface area contributed by atoms with Crippen LogP contribution in [0.4, 0.5) is 11.4 Å². The van der Waals surface area contributed by atoms with Crippen LogP contribution in [0.1, 0.15) is 13.8 Å². The highest BCUT2D eigenvalue weighted by molar-refractivity contribution is 6.05. The molecule has 4 rings (SSSR count). The summed E-state index contributed by atoms with van der Waals surface area (Å²) in [4.78, 5) is 2.43. The second-order valence-corrected chi connectivity index (χ2v) is 6.12. The average molecular weight is 300 g/mol. The Morgan fingerprint density at radius 3 is 2.17 bits per heavy atom. The van der Waals surface area contributed by atoms with Crippen LogP contribution in [0.2, 0.25) is 0 Å². The van der Waals surface area contributed by atoms with Gasteiger partial charge < -0.3 is 9.30 Å². The van der Waals surface area contributed by atoms with Crippen molar-refractivity contribution in [1.82, 2.24) is 4.40 Å². The van der Waals surface area contributed by atoms with Crippen molar-refractivity contribution in [2.45, 2.75) is 19.9 Å². The van der Waals surface area contributed by atoms with E-state index in [4.69, 9.17) is 0 Å². The highest BCUT2D eigenvalue weighted by Crippen LogP contribution is 2.39. The van der Waals surface area contributed by atoms with Crippen LogP contribution in [0.15, 0.2) is 79.0 Å². The van der Waals surface area contributed by atoms with E-state index in [0.29, 0.717) is 6.04 Å². The molecular weight excluding hydrogens is 280 g/mol. The lowest BCUT2D eigenvalue weighted by molar-refractivity contribution is 0.793. The number of hydrogen-bond donors (Lipinski definition) is 0. The normalized spacial score (nSPS) is 11.4. The Hall–Kier alpha value is -2.74. The van der Waals surface area contributed by atoms with E-state index < -0.39 is 0 Å². The van der Waals surface area contributed by atoms with Gasteiger partial charge in [0.2, 0.25) is 0 Å². The molecule has 0 bridgehead atoms. The van der Waals surface area contributed by atoms with Crippen molar-refractivity contribution in [3.8, 4) is 0 Å². The van der Waals surface area contributed by atoms with Gasteiger partial charge in [0.15, 0.2) is 0 Å². The first-order valence-corrected chi connectivity index (χ1v) is 8.09. The van der Waals surface area contributed by atoms with Crippen molar-refractivity contribution in [1.29, 1.82) is 0 Å². The standard InChI is InChI=1S/C21H20N2/c1-16(2)23(17-10-4-3-5-11-17)21-18-12-6-7-13-19(18)22-15-9-8-14-20(21)22/h3-16H,1-2H3. The molecule has 0 aliphatic rings. The van der Waals surface area contributed by atoms with Gasteiger partial charge in [-0.1, -0.05) is 42.5 Å². The lowest BCUT2D eigenvalue weighted by Gasteiger charge is -2.29. The van der Waals surface area contributed by atoms with Gasteiger partial charge >= 0.3 is 0 Å². The Labute approximate surface area is 136 Å². The summed E-state index contributed by atoms with van der Waals surface area (Å²) in [5.41, 5.74) is 5.00. The second kappa shape index (κ2) is 5.47. The molecule has 0 saturated heterocycles. The number of benzene rings is 2. The lowest BCUT2D eigenvalue weighted by Crippen LogP contribution is -2.25. The second-order valence-electron chi connectivity index (χ2n) is 6.12. The van der Waals surface area contributed by atoms with E-state index in [2.05, 4.69) is 102 Å². The minimum atomic E-state index is 0.368. The van der Waals surface area contributed by atoms with E-state index in [9.17, 15) is 0 Å². The third-order valence-electron chi connectivity index (χ3n) is 4.31. The van der Waals surface area contributed by atoms with Crippen molar-refractivity contribution in [2.75, 3.05) is 4.90 Å². The van der Waals surface area contributed by atoms with Crippen molar-refractivity contribution in [3.63, 3.8) is 0 Å². The number of anilines is 2. The smallest absolute Gasteiger partial charge is 0.0752 e. The SMILES string of the molecule is CC(C)N(c1ccccc1)c1c2ccccc2n2ccccc12. The molecule has 0 atom stereocenters. The minimum absolute atomic E-state index is 0.368. The van der Waals surface area contributed by atoms with Crippen molar-refractivity contribution in [3.05, 3.63) is 79.0 Å². The van der Waals surface area contributed by atoms with Crippen LogP contribution >= 0.6 is 0 Å². The molecule has 0 aliphatic carbocycles. The van der Waals surface area contributed by atoms with E-state index in [1.54, 1.807) is 0 Å².